The summed E-state index contributed by atoms with van der Waals surface area (Å²) in [6.07, 6.45) is 0. The van der Waals surface area contributed by atoms with Crippen LogP contribution in [0.15, 0.2) is 34.1 Å². The zero-order chi connectivity index (χ0) is 14.0. The van der Waals surface area contributed by atoms with Crippen molar-refractivity contribution in [3.63, 3.8) is 0 Å². The first-order chi connectivity index (χ1) is 8.97. The van der Waals surface area contributed by atoms with Gasteiger partial charge in [0.1, 0.15) is 0 Å². The van der Waals surface area contributed by atoms with Gasteiger partial charge in [0.05, 0.1) is 6.54 Å². The van der Waals surface area contributed by atoms with Crippen molar-refractivity contribution in [1.82, 2.24) is 4.90 Å². The van der Waals surface area contributed by atoms with E-state index in [2.05, 4.69) is 22.0 Å². The summed E-state index contributed by atoms with van der Waals surface area (Å²) >= 11 is 5.09. The molecular weight excluding hydrogens is 322 g/mol. The van der Waals surface area contributed by atoms with Crippen molar-refractivity contribution >= 4 is 33.2 Å². The highest BCUT2D eigenvalue weighted by molar-refractivity contribution is 9.10. The first kappa shape index (κ1) is 14.3. The SMILES string of the molecule is Cc1ccc(C(=O)N(C)Cc2cc(Br)cs2)c(C)c1. The Labute approximate surface area is 126 Å². The number of benzene rings is 1. The minimum Gasteiger partial charge on any atom is -0.337 e. The van der Waals surface area contributed by atoms with Crippen molar-refractivity contribution in [2.24, 2.45) is 0 Å². The number of thiophene rings is 1. The second-order valence-electron chi connectivity index (χ2n) is 4.71. The fraction of sp³-hybridized carbons (Fsp3) is 0.267. The van der Waals surface area contributed by atoms with Gasteiger partial charge < -0.3 is 4.90 Å². The standard InChI is InChI=1S/C15H16BrNOS/c1-10-4-5-14(11(2)6-10)15(18)17(3)8-13-7-12(16)9-19-13/h4-7,9H,8H2,1-3H3. The highest BCUT2D eigenvalue weighted by Gasteiger charge is 2.14. The molecule has 0 unspecified atom stereocenters. The Balaban J connectivity index is 2.14. The van der Waals surface area contributed by atoms with E-state index in [1.165, 1.54) is 10.4 Å². The summed E-state index contributed by atoms with van der Waals surface area (Å²) in [4.78, 5) is 15.3. The maximum Gasteiger partial charge on any atom is 0.254 e. The second kappa shape index (κ2) is 5.88. The Bertz CT molecular complexity index is 606. The summed E-state index contributed by atoms with van der Waals surface area (Å²) < 4.78 is 1.07. The summed E-state index contributed by atoms with van der Waals surface area (Å²) in [5.74, 6) is 0.0713. The van der Waals surface area contributed by atoms with Crippen LogP contribution in [0.3, 0.4) is 0 Å². The van der Waals surface area contributed by atoms with Gasteiger partial charge in [0.2, 0.25) is 0 Å². The molecule has 2 rings (SSSR count). The molecule has 2 nitrogen and oxygen atoms in total. The van der Waals surface area contributed by atoms with Crippen molar-refractivity contribution in [3.05, 3.63) is 55.7 Å². The lowest BCUT2D eigenvalue weighted by Gasteiger charge is -2.17. The summed E-state index contributed by atoms with van der Waals surface area (Å²) in [7, 11) is 1.84. The second-order valence-corrected chi connectivity index (χ2v) is 6.62. The van der Waals surface area contributed by atoms with Gasteiger partial charge in [-0.05, 0) is 47.5 Å². The summed E-state index contributed by atoms with van der Waals surface area (Å²) in [5, 5.41) is 2.03. The minimum absolute atomic E-state index is 0.0713. The van der Waals surface area contributed by atoms with Gasteiger partial charge in [0.15, 0.2) is 0 Å². The van der Waals surface area contributed by atoms with Crippen LogP contribution in [0.1, 0.15) is 26.4 Å². The summed E-state index contributed by atoms with van der Waals surface area (Å²) in [5.41, 5.74) is 2.99. The molecule has 0 fully saturated rings. The van der Waals surface area contributed by atoms with Crippen molar-refractivity contribution < 1.29 is 4.79 Å². The highest BCUT2D eigenvalue weighted by Crippen LogP contribution is 2.22. The highest BCUT2D eigenvalue weighted by atomic mass is 79.9. The molecule has 1 amide bonds. The van der Waals surface area contributed by atoms with Crippen LogP contribution in [0.5, 0.6) is 0 Å². The molecule has 0 bridgehead atoms. The van der Waals surface area contributed by atoms with Crippen molar-refractivity contribution in [3.8, 4) is 0 Å². The third-order valence-electron chi connectivity index (χ3n) is 2.97. The van der Waals surface area contributed by atoms with Crippen LogP contribution in [-0.2, 0) is 6.54 Å². The molecule has 100 valence electrons. The molecule has 0 N–H and O–H groups in total. The first-order valence-corrected chi connectivity index (χ1v) is 7.70. The average Bonchev–Trinajstić information content (AvgIpc) is 2.74. The van der Waals surface area contributed by atoms with E-state index in [9.17, 15) is 4.79 Å². The lowest BCUT2D eigenvalue weighted by atomic mass is 10.0. The van der Waals surface area contributed by atoms with Crippen LogP contribution in [0.25, 0.3) is 0 Å². The number of nitrogens with zero attached hydrogens (tertiary/aromatic N) is 1. The Morgan fingerprint density at radius 1 is 1.32 bits per heavy atom. The van der Waals surface area contributed by atoms with Gasteiger partial charge >= 0.3 is 0 Å². The van der Waals surface area contributed by atoms with Crippen LogP contribution in [0, 0.1) is 13.8 Å². The molecule has 0 saturated heterocycles. The predicted molar refractivity (Wildman–Crippen MR) is 83.7 cm³/mol. The zero-order valence-electron chi connectivity index (χ0n) is 11.2. The smallest absolute Gasteiger partial charge is 0.254 e. The molecule has 0 atom stereocenters. The maximum atomic E-state index is 12.4. The van der Waals surface area contributed by atoms with E-state index in [0.29, 0.717) is 6.54 Å². The quantitative estimate of drug-likeness (QED) is 0.812. The number of carbonyl (C=O) groups excluding carboxylic acids is 1. The fourth-order valence-corrected chi connectivity index (χ4v) is 3.50. The Hall–Kier alpha value is -1.13. The molecule has 0 saturated carbocycles. The molecule has 1 heterocycles. The van der Waals surface area contributed by atoms with Crippen LogP contribution < -0.4 is 0 Å². The molecule has 19 heavy (non-hydrogen) atoms. The van der Waals surface area contributed by atoms with Crippen LogP contribution in [0.4, 0.5) is 0 Å². The molecule has 4 heteroatoms. The minimum atomic E-state index is 0.0713. The predicted octanol–water partition coefficient (Wildman–Crippen LogP) is 4.40. The van der Waals surface area contributed by atoms with E-state index in [1.54, 1.807) is 16.2 Å². The van der Waals surface area contributed by atoms with Gasteiger partial charge in [-0.15, -0.1) is 11.3 Å². The van der Waals surface area contributed by atoms with Gasteiger partial charge in [0.25, 0.3) is 5.91 Å². The lowest BCUT2D eigenvalue weighted by molar-refractivity contribution is 0.0785. The van der Waals surface area contributed by atoms with Crippen LogP contribution >= 0.6 is 27.3 Å². The number of carbonyl (C=O) groups is 1. The largest absolute Gasteiger partial charge is 0.337 e. The Morgan fingerprint density at radius 2 is 2.05 bits per heavy atom. The summed E-state index contributed by atoms with van der Waals surface area (Å²) in [6, 6.07) is 7.99. The topological polar surface area (TPSA) is 20.3 Å². The molecule has 1 aromatic carbocycles. The van der Waals surface area contributed by atoms with E-state index < -0.39 is 0 Å². The molecule has 0 aliphatic heterocycles. The molecule has 2 aromatic rings. The normalized spacial score (nSPS) is 10.5. The summed E-state index contributed by atoms with van der Waals surface area (Å²) in [6.45, 7) is 4.66. The average molecular weight is 338 g/mol. The number of hydrogen-bond donors (Lipinski definition) is 0. The van der Waals surface area contributed by atoms with Gasteiger partial charge in [-0.3, -0.25) is 4.79 Å². The van der Waals surface area contributed by atoms with Crippen molar-refractivity contribution in [2.75, 3.05) is 7.05 Å². The van der Waals surface area contributed by atoms with Gasteiger partial charge in [-0.1, -0.05) is 17.7 Å². The number of halogens is 1. The lowest BCUT2D eigenvalue weighted by Crippen LogP contribution is -2.26. The number of hydrogen-bond acceptors (Lipinski definition) is 2. The van der Waals surface area contributed by atoms with Gasteiger partial charge in [0, 0.05) is 27.3 Å². The monoisotopic (exact) mass is 337 g/mol. The zero-order valence-corrected chi connectivity index (χ0v) is 13.6. The van der Waals surface area contributed by atoms with Crippen molar-refractivity contribution in [1.29, 1.82) is 0 Å². The van der Waals surface area contributed by atoms with Crippen LogP contribution in [0.2, 0.25) is 0 Å². The van der Waals surface area contributed by atoms with E-state index in [-0.39, 0.29) is 5.91 Å². The van der Waals surface area contributed by atoms with Gasteiger partial charge in [-0.25, -0.2) is 0 Å². The first-order valence-electron chi connectivity index (χ1n) is 6.03. The molecular formula is C15H16BrNOS. The number of aryl methyl sites for hydroxylation is 2. The van der Waals surface area contributed by atoms with Crippen LogP contribution in [-0.4, -0.2) is 17.9 Å². The van der Waals surface area contributed by atoms with E-state index in [1.807, 2.05) is 44.5 Å². The third-order valence-corrected chi connectivity index (χ3v) is 4.66. The molecule has 1 aromatic heterocycles. The van der Waals surface area contributed by atoms with E-state index in [0.717, 1.165) is 15.6 Å². The van der Waals surface area contributed by atoms with E-state index in [4.69, 9.17) is 0 Å². The van der Waals surface area contributed by atoms with Crippen molar-refractivity contribution in [2.45, 2.75) is 20.4 Å². The Morgan fingerprint density at radius 3 is 2.63 bits per heavy atom. The maximum absolute atomic E-state index is 12.4. The van der Waals surface area contributed by atoms with Gasteiger partial charge in [-0.2, -0.15) is 0 Å². The third kappa shape index (κ3) is 3.45. The fourth-order valence-electron chi connectivity index (χ4n) is 2.00. The molecule has 0 spiro atoms. The number of amides is 1. The molecule has 0 radical (unpaired) electrons. The number of rotatable bonds is 3. The molecule has 0 aliphatic rings. The molecule has 0 aliphatic carbocycles. The Kier molecular flexibility index (Phi) is 4.42. The van der Waals surface area contributed by atoms with E-state index >= 15 is 0 Å².